The minimum absolute atomic E-state index is 0.0206. The first-order valence-electron chi connectivity index (χ1n) is 9.26. The van der Waals surface area contributed by atoms with Crippen molar-refractivity contribution in [1.29, 1.82) is 0 Å². The molecule has 1 aliphatic heterocycles. The van der Waals surface area contributed by atoms with Gasteiger partial charge in [-0.1, -0.05) is 41.9 Å². The summed E-state index contributed by atoms with van der Waals surface area (Å²) < 4.78 is 5.14. The topological polar surface area (TPSA) is 44.8 Å². The molecule has 0 saturated carbocycles. The number of nitrogens with zero attached hydrogens (tertiary/aromatic N) is 2. The van der Waals surface area contributed by atoms with Gasteiger partial charge in [0.1, 0.15) is 5.75 Å². The Balaban J connectivity index is 1.48. The lowest BCUT2D eigenvalue weighted by molar-refractivity contribution is -0.117. The van der Waals surface area contributed by atoms with Crippen LogP contribution < -0.4 is 10.1 Å². The highest BCUT2D eigenvalue weighted by atomic mass is 35.5. The normalized spacial score (nSPS) is 15.9. The molecule has 1 N–H and O–H groups in total. The van der Waals surface area contributed by atoms with Crippen LogP contribution in [-0.4, -0.2) is 55.5 Å². The largest absolute Gasteiger partial charge is 0.495 e. The molecule has 1 aliphatic rings. The van der Waals surface area contributed by atoms with Gasteiger partial charge in [-0.25, -0.2) is 0 Å². The second-order valence-corrected chi connectivity index (χ2v) is 7.20. The molecule has 6 heteroatoms. The summed E-state index contributed by atoms with van der Waals surface area (Å²) in [6.07, 6.45) is 1.06. The molecule has 5 nitrogen and oxygen atoms in total. The summed E-state index contributed by atoms with van der Waals surface area (Å²) in [5.74, 6) is 0.577. The van der Waals surface area contributed by atoms with Crippen LogP contribution in [0.3, 0.4) is 0 Å². The van der Waals surface area contributed by atoms with E-state index in [4.69, 9.17) is 16.3 Å². The molecular formula is C21H26ClN3O2. The van der Waals surface area contributed by atoms with Crippen LogP contribution in [0.4, 0.5) is 5.69 Å². The van der Waals surface area contributed by atoms with Crippen molar-refractivity contribution >= 4 is 23.2 Å². The average molecular weight is 388 g/mol. The number of hydrogen-bond donors (Lipinski definition) is 1. The van der Waals surface area contributed by atoms with Gasteiger partial charge >= 0.3 is 0 Å². The number of halogens is 1. The van der Waals surface area contributed by atoms with E-state index in [-0.39, 0.29) is 5.91 Å². The van der Waals surface area contributed by atoms with Crippen molar-refractivity contribution in [2.45, 2.75) is 13.0 Å². The summed E-state index contributed by atoms with van der Waals surface area (Å²) in [5, 5.41) is 3.41. The highest BCUT2D eigenvalue weighted by Crippen LogP contribution is 2.27. The van der Waals surface area contributed by atoms with E-state index in [1.165, 1.54) is 5.56 Å². The highest BCUT2D eigenvalue weighted by Gasteiger charge is 2.17. The summed E-state index contributed by atoms with van der Waals surface area (Å²) >= 11 is 6.12. The fourth-order valence-electron chi connectivity index (χ4n) is 3.33. The lowest BCUT2D eigenvalue weighted by Gasteiger charge is -2.21. The van der Waals surface area contributed by atoms with Crippen LogP contribution in [0.1, 0.15) is 12.0 Å². The van der Waals surface area contributed by atoms with Gasteiger partial charge in [-0.15, -0.1) is 0 Å². The van der Waals surface area contributed by atoms with Gasteiger partial charge in [0.25, 0.3) is 0 Å². The number of amides is 1. The first-order chi connectivity index (χ1) is 13.1. The van der Waals surface area contributed by atoms with Crippen molar-refractivity contribution in [3.8, 4) is 5.75 Å². The van der Waals surface area contributed by atoms with E-state index in [0.29, 0.717) is 23.0 Å². The van der Waals surface area contributed by atoms with E-state index in [1.54, 1.807) is 25.3 Å². The summed E-state index contributed by atoms with van der Waals surface area (Å²) in [6, 6.07) is 15.8. The van der Waals surface area contributed by atoms with Crippen LogP contribution in [0.25, 0.3) is 0 Å². The van der Waals surface area contributed by atoms with Gasteiger partial charge in [0.15, 0.2) is 0 Å². The zero-order chi connectivity index (χ0) is 19.1. The third kappa shape index (κ3) is 5.96. The van der Waals surface area contributed by atoms with Crippen molar-refractivity contribution in [2.75, 3.05) is 45.2 Å². The lowest BCUT2D eigenvalue weighted by atomic mass is 10.2. The number of carbonyl (C=O) groups is 1. The predicted molar refractivity (Wildman–Crippen MR) is 109 cm³/mol. The number of ether oxygens (including phenoxy) is 1. The molecule has 1 saturated heterocycles. The molecule has 27 heavy (non-hydrogen) atoms. The van der Waals surface area contributed by atoms with Crippen molar-refractivity contribution in [2.24, 2.45) is 0 Å². The van der Waals surface area contributed by atoms with Gasteiger partial charge in [-0.05, 0) is 43.3 Å². The Morgan fingerprint density at radius 1 is 1.07 bits per heavy atom. The molecule has 0 radical (unpaired) electrons. The second-order valence-electron chi connectivity index (χ2n) is 6.79. The SMILES string of the molecule is COc1ccc(NC(=O)CN2CCCN(Cc3ccccc3)CC2)cc1Cl. The number of benzene rings is 2. The molecule has 0 spiro atoms. The van der Waals surface area contributed by atoms with E-state index in [1.807, 2.05) is 6.07 Å². The van der Waals surface area contributed by atoms with Gasteiger partial charge in [0, 0.05) is 25.3 Å². The predicted octanol–water partition coefficient (Wildman–Crippen LogP) is 3.50. The zero-order valence-corrected chi connectivity index (χ0v) is 16.4. The second kappa shape index (κ2) is 9.74. The van der Waals surface area contributed by atoms with Gasteiger partial charge in [-0.2, -0.15) is 0 Å². The molecular weight excluding hydrogens is 362 g/mol. The average Bonchev–Trinajstić information content (AvgIpc) is 2.88. The molecule has 0 aromatic heterocycles. The molecule has 144 valence electrons. The molecule has 1 amide bonds. The Bertz CT molecular complexity index is 754. The van der Waals surface area contributed by atoms with Crippen LogP contribution in [0.5, 0.6) is 5.75 Å². The molecule has 0 aliphatic carbocycles. The van der Waals surface area contributed by atoms with Crippen molar-refractivity contribution < 1.29 is 9.53 Å². The molecule has 2 aromatic carbocycles. The number of methoxy groups -OCH3 is 1. The van der Waals surface area contributed by atoms with Gasteiger partial charge < -0.3 is 10.1 Å². The van der Waals surface area contributed by atoms with Crippen LogP contribution in [-0.2, 0) is 11.3 Å². The smallest absolute Gasteiger partial charge is 0.238 e. The van der Waals surface area contributed by atoms with Crippen molar-refractivity contribution in [3.63, 3.8) is 0 Å². The monoisotopic (exact) mass is 387 g/mol. The lowest BCUT2D eigenvalue weighted by Crippen LogP contribution is -2.36. The van der Waals surface area contributed by atoms with E-state index in [2.05, 4.69) is 39.4 Å². The van der Waals surface area contributed by atoms with Crippen LogP contribution in [0.15, 0.2) is 48.5 Å². The quantitative estimate of drug-likeness (QED) is 0.824. The van der Waals surface area contributed by atoms with Gasteiger partial charge in [0.05, 0.1) is 18.7 Å². The molecule has 0 unspecified atom stereocenters. The first kappa shape index (κ1) is 19.7. The zero-order valence-electron chi connectivity index (χ0n) is 15.7. The molecule has 1 heterocycles. The summed E-state index contributed by atoms with van der Waals surface area (Å²) in [5.41, 5.74) is 2.02. The van der Waals surface area contributed by atoms with Gasteiger partial charge in [0.2, 0.25) is 5.91 Å². The Kier molecular flexibility index (Phi) is 7.10. The fourth-order valence-corrected chi connectivity index (χ4v) is 3.59. The summed E-state index contributed by atoms with van der Waals surface area (Å²) in [7, 11) is 1.57. The number of carbonyl (C=O) groups excluding carboxylic acids is 1. The number of rotatable bonds is 6. The van der Waals surface area contributed by atoms with E-state index >= 15 is 0 Å². The molecule has 0 atom stereocenters. The Labute approximate surface area is 165 Å². The van der Waals surface area contributed by atoms with Crippen LogP contribution in [0, 0.1) is 0 Å². The third-order valence-corrected chi connectivity index (χ3v) is 5.03. The Morgan fingerprint density at radius 3 is 2.56 bits per heavy atom. The van der Waals surface area contributed by atoms with E-state index < -0.39 is 0 Å². The first-order valence-corrected chi connectivity index (χ1v) is 9.64. The number of hydrogen-bond acceptors (Lipinski definition) is 4. The number of nitrogens with one attached hydrogen (secondary N) is 1. The minimum Gasteiger partial charge on any atom is -0.495 e. The van der Waals surface area contributed by atoms with Crippen molar-refractivity contribution in [3.05, 3.63) is 59.1 Å². The maximum absolute atomic E-state index is 12.4. The Hall–Kier alpha value is -2.08. The van der Waals surface area contributed by atoms with Crippen LogP contribution in [0.2, 0.25) is 5.02 Å². The standard InChI is InChI=1S/C21H26ClN3O2/c1-27-20-9-8-18(14-19(20)22)23-21(26)16-25-11-5-10-24(12-13-25)15-17-6-3-2-4-7-17/h2-4,6-9,14H,5,10-13,15-16H2,1H3,(H,23,26). The fraction of sp³-hybridized carbons (Fsp3) is 0.381. The highest BCUT2D eigenvalue weighted by molar-refractivity contribution is 6.32. The van der Waals surface area contributed by atoms with Crippen LogP contribution >= 0.6 is 11.6 Å². The van der Waals surface area contributed by atoms with E-state index in [0.717, 1.165) is 39.1 Å². The van der Waals surface area contributed by atoms with Crippen molar-refractivity contribution in [1.82, 2.24) is 9.80 Å². The van der Waals surface area contributed by atoms with Gasteiger partial charge in [-0.3, -0.25) is 14.6 Å². The Morgan fingerprint density at radius 2 is 1.81 bits per heavy atom. The molecule has 3 rings (SSSR count). The summed E-state index contributed by atoms with van der Waals surface area (Å²) in [4.78, 5) is 17.1. The molecule has 2 aromatic rings. The summed E-state index contributed by atoms with van der Waals surface area (Å²) in [6.45, 7) is 5.21. The maximum Gasteiger partial charge on any atom is 0.238 e. The molecule has 1 fully saturated rings. The maximum atomic E-state index is 12.4. The number of anilines is 1. The van der Waals surface area contributed by atoms with E-state index in [9.17, 15) is 4.79 Å². The molecule has 0 bridgehead atoms. The third-order valence-electron chi connectivity index (χ3n) is 4.73. The minimum atomic E-state index is -0.0206.